The van der Waals surface area contributed by atoms with Gasteiger partial charge in [0.05, 0.1) is 5.69 Å². The highest BCUT2D eigenvalue weighted by molar-refractivity contribution is 9.10. The van der Waals surface area contributed by atoms with Crippen molar-refractivity contribution in [3.05, 3.63) is 28.2 Å². The van der Waals surface area contributed by atoms with Crippen molar-refractivity contribution >= 4 is 27.5 Å². The van der Waals surface area contributed by atoms with E-state index in [1.54, 1.807) is 0 Å². The molecule has 14 heavy (non-hydrogen) atoms. The van der Waals surface area contributed by atoms with Crippen LogP contribution in [0.1, 0.15) is 12.0 Å². The molecular formula is C10H12BrN3. The first-order valence-electron chi connectivity index (χ1n) is 4.57. The highest BCUT2D eigenvalue weighted by atomic mass is 79.9. The molecule has 0 radical (unpaired) electrons. The lowest BCUT2D eigenvalue weighted by Gasteiger charge is -2.34. The summed E-state index contributed by atoms with van der Waals surface area (Å²) in [4.78, 5) is 2.30. The predicted molar refractivity (Wildman–Crippen MR) is 62.0 cm³/mol. The van der Waals surface area contributed by atoms with E-state index in [-0.39, 0.29) is 5.84 Å². The van der Waals surface area contributed by atoms with Gasteiger partial charge in [0.1, 0.15) is 5.84 Å². The molecule has 0 bridgehead atoms. The third kappa shape index (κ3) is 1.62. The van der Waals surface area contributed by atoms with Gasteiger partial charge in [-0.3, -0.25) is 5.41 Å². The van der Waals surface area contributed by atoms with E-state index >= 15 is 0 Å². The first kappa shape index (κ1) is 9.52. The molecule has 2 rings (SSSR count). The number of hydrogen-bond donors (Lipinski definition) is 2. The zero-order chi connectivity index (χ0) is 10.1. The summed E-state index contributed by atoms with van der Waals surface area (Å²) < 4.78 is 1.02. The average Bonchev–Trinajstić information content (AvgIpc) is 2.04. The molecule has 1 aromatic carbocycles. The molecule has 1 saturated heterocycles. The van der Waals surface area contributed by atoms with Gasteiger partial charge < -0.3 is 10.6 Å². The van der Waals surface area contributed by atoms with Crippen LogP contribution in [0.3, 0.4) is 0 Å². The van der Waals surface area contributed by atoms with Gasteiger partial charge in [0.25, 0.3) is 0 Å². The molecule has 4 heteroatoms. The van der Waals surface area contributed by atoms with Crippen molar-refractivity contribution in [2.45, 2.75) is 6.42 Å². The van der Waals surface area contributed by atoms with Gasteiger partial charge in [-0.2, -0.15) is 0 Å². The smallest absolute Gasteiger partial charge is 0.122 e. The normalized spacial score (nSPS) is 15.1. The number of amidine groups is 1. The fourth-order valence-electron chi connectivity index (χ4n) is 1.49. The molecule has 1 heterocycles. The summed E-state index contributed by atoms with van der Waals surface area (Å²) in [6.07, 6.45) is 1.26. The number of anilines is 1. The first-order valence-corrected chi connectivity index (χ1v) is 5.36. The molecule has 1 aliphatic rings. The number of halogens is 1. The van der Waals surface area contributed by atoms with Crippen LogP contribution in [0.5, 0.6) is 0 Å². The molecule has 0 saturated carbocycles. The highest BCUT2D eigenvalue weighted by Gasteiger charge is 2.16. The molecule has 1 aliphatic heterocycles. The van der Waals surface area contributed by atoms with Crippen molar-refractivity contribution in [1.29, 1.82) is 5.41 Å². The van der Waals surface area contributed by atoms with Crippen molar-refractivity contribution in [2.75, 3.05) is 18.0 Å². The van der Waals surface area contributed by atoms with Gasteiger partial charge in [0, 0.05) is 23.1 Å². The Balaban J connectivity index is 2.30. The maximum absolute atomic E-state index is 7.31. The van der Waals surface area contributed by atoms with Crippen LogP contribution >= 0.6 is 15.9 Å². The minimum absolute atomic E-state index is 0.112. The second-order valence-electron chi connectivity index (χ2n) is 3.42. The number of hydrogen-bond acceptors (Lipinski definition) is 2. The Bertz CT molecular complexity index is 372. The van der Waals surface area contributed by atoms with E-state index in [4.69, 9.17) is 11.1 Å². The van der Waals surface area contributed by atoms with Gasteiger partial charge in [0.15, 0.2) is 0 Å². The van der Waals surface area contributed by atoms with Crippen molar-refractivity contribution in [3.63, 3.8) is 0 Å². The number of nitrogen functional groups attached to an aromatic ring is 1. The van der Waals surface area contributed by atoms with Crippen molar-refractivity contribution < 1.29 is 0 Å². The van der Waals surface area contributed by atoms with Crippen molar-refractivity contribution in [2.24, 2.45) is 5.73 Å². The van der Waals surface area contributed by atoms with Crippen LogP contribution in [0, 0.1) is 5.41 Å². The first-order chi connectivity index (χ1) is 6.68. The fourth-order valence-corrected chi connectivity index (χ4v) is 2.12. The summed E-state index contributed by atoms with van der Waals surface area (Å²) in [5.41, 5.74) is 7.36. The summed E-state index contributed by atoms with van der Waals surface area (Å²) in [6.45, 7) is 2.25. The summed E-state index contributed by atoms with van der Waals surface area (Å²) in [6, 6.07) is 5.80. The van der Waals surface area contributed by atoms with E-state index < -0.39 is 0 Å². The molecule has 0 atom stereocenters. The quantitative estimate of drug-likeness (QED) is 0.626. The summed E-state index contributed by atoms with van der Waals surface area (Å²) in [5, 5.41) is 7.31. The third-order valence-electron chi connectivity index (χ3n) is 2.46. The van der Waals surface area contributed by atoms with Gasteiger partial charge in [-0.1, -0.05) is 0 Å². The van der Waals surface area contributed by atoms with Crippen LogP contribution in [0.25, 0.3) is 0 Å². The van der Waals surface area contributed by atoms with Crippen LogP contribution in [0.2, 0.25) is 0 Å². The average molecular weight is 254 g/mol. The monoisotopic (exact) mass is 253 g/mol. The number of nitrogens with one attached hydrogen (secondary N) is 1. The standard InChI is InChI=1S/C10H12BrN3/c11-8-6-7(10(12)13)2-3-9(8)14-4-1-5-14/h2-3,6H,1,4-5H2,(H3,12,13). The molecule has 1 fully saturated rings. The zero-order valence-corrected chi connectivity index (χ0v) is 9.34. The van der Waals surface area contributed by atoms with Gasteiger partial charge in [-0.05, 0) is 40.5 Å². The zero-order valence-electron chi connectivity index (χ0n) is 7.76. The Hall–Kier alpha value is -1.03. The second-order valence-corrected chi connectivity index (χ2v) is 4.27. The lowest BCUT2D eigenvalue weighted by Crippen LogP contribution is -2.37. The van der Waals surface area contributed by atoms with E-state index in [0.717, 1.165) is 23.1 Å². The molecular weight excluding hydrogens is 242 g/mol. The molecule has 0 unspecified atom stereocenters. The fraction of sp³-hybridized carbons (Fsp3) is 0.300. The Labute approximate surface area is 91.5 Å². The maximum Gasteiger partial charge on any atom is 0.122 e. The van der Waals surface area contributed by atoms with E-state index in [1.807, 2.05) is 18.2 Å². The number of nitrogens with zero attached hydrogens (tertiary/aromatic N) is 1. The Morgan fingerprint density at radius 1 is 1.43 bits per heavy atom. The summed E-state index contributed by atoms with van der Waals surface area (Å²) in [7, 11) is 0. The van der Waals surface area contributed by atoms with E-state index in [0.29, 0.717) is 0 Å². The van der Waals surface area contributed by atoms with Gasteiger partial charge in [-0.25, -0.2) is 0 Å². The van der Waals surface area contributed by atoms with E-state index in [2.05, 4.69) is 20.8 Å². The maximum atomic E-state index is 7.31. The van der Waals surface area contributed by atoms with Gasteiger partial charge in [0.2, 0.25) is 0 Å². The molecule has 0 spiro atoms. The Morgan fingerprint density at radius 3 is 2.57 bits per heavy atom. The van der Waals surface area contributed by atoms with Crippen LogP contribution in [-0.2, 0) is 0 Å². The topological polar surface area (TPSA) is 53.1 Å². The van der Waals surface area contributed by atoms with Crippen LogP contribution in [-0.4, -0.2) is 18.9 Å². The number of benzene rings is 1. The second kappa shape index (κ2) is 3.61. The van der Waals surface area contributed by atoms with E-state index in [1.165, 1.54) is 12.1 Å². The van der Waals surface area contributed by atoms with E-state index in [9.17, 15) is 0 Å². The van der Waals surface area contributed by atoms with Crippen molar-refractivity contribution in [3.8, 4) is 0 Å². The van der Waals surface area contributed by atoms with Crippen LogP contribution in [0.15, 0.2) is 22.7 Å². The van der Waals surface area contributed by atoms with Gasteiger partial charge in [-0.15, -0.1) is 0 Å². The Kier molecular flexibility index (Phi) is 2.46. The van der Waals surface area contributed by atoms with Crippen LogP contribution in [0.4, 0.5) is 5.69 Å². The minimum Gasteiger partial charge on any atom is -0.384 e. The lowest BCUT2D eigenvalue weighted by atomic mass is 10.1. The predicted octanol–water partition coefficient (Wildman–Crippen LogP) is 1.94. The highest BCUT2D eigenvalue weighted by Crippen LogP contribution is 2.30. The molecule has 3 N–H and O–H groups in total. The largest absolute Gasteiger partial charge is 0.384 e. The molecule has 0 aliphatic carbocycles. The number of nitrogens with two attached hydrogens (primary N) is 1. The minimum atomic E-state index is 0.112. The molecule has 0 amide bonds. The molecule has 0 aromatic heterocycles. The summed E-state index contributed by atoms with van der Waals surface area (Å²) >= 11 is 3.50. The number of rotatable bonds is 2. The molecule has 1 aromatic rings. The molecule has 3 nitrogen and oxygen atoms in total. The summed E-state index contributed by atoms with van der Waals surface area (Å²) in [5.74, 6) is 0.112. The SMILES string of the molecule is N=C(N)c1ccc(N2CCC2)c(Br)c1. The Morgan fingerprint density at radius 2 is 2.14 bits per heavy atom. The third-order valence-corrected chi connectivity index (χ3v) is 3.09. The van der Waals surface area contributed by atoms with Crippen molar-refractivity contribution in [1.82, 2.24) is 0 Å². The molecule has 74 valence electrons. The van der Waals surface area contributed by atoms with Gasteiger partial charge >= 0.3 is 0 Å². The van der Waals surface area contributed by atoms with Crippen LogP contribution < -0.4 is 10.6 Å². The lowest BCUT2D eigenvalue weighted by molar-refractivity contribution is 0.616.